The molecule has 0 fully saturated rings. The smallest absolute Gasteiger partial charge is 0.327 e. The Morgan fingerprint density at radius 2 is 1.90 bits per heavy atom. The molecule has 0 heterocycles. The van der Waals surface area contributed by atoms with Gasteiger partial charge in [-0.3, -0.25) is 0 Å². The topological polar surface area (TPSA) is 47.6 Å². The first kappa shape index (κ1) is 17.6. The summed E-state index contributed by atoms with van der Waals surface area (Å²) in [6.07, 6.45) is 2.99. The summed E-state index contributed by atoms with van der Waals surface area (Å²) in [6.45, 7) is 4.18. The molecule has 5 heteroatoms. The number of methoxy groups -OCH3 is 1. The molecule has 1 N–H and O–H groups in total. The summed E-state index contributed by atoms with van der Waals surface area (Å²) in [7, 11) is 1.34. The van der Waals surface area contributed by atoms with Gasteiger partial charge in [0.25, 0.3) is 0 Å². The molecule has 0 spiro atoms. The van der Waals surface area contributed by atoms with E-state index in [0.717, 1.165) is 25.9 Å². The number of nitrogens with one attached hydrogen (secondary N) is 1. The van der Waals surface area contributed by atoms with E-state index in [1.807, 2.05) is 0 Å². The molecule has 0 saturated carbocycles. The number of unbranched alkanes of at least 4 members (excludes halogenated alkanes) is 1. The minimum atomic E-state index is -0.578. The lowest BCUT2D eigenvalue weighted by Gasteiger charge is -2.17. The Balaban J connectivity index is 2.41. The van der Waals surface area contributed by atoms with Crippen LogP contribution in [0.15, 0.2) is 24.3 Å². The number of esters is 1. The summed E-state index contributed by atoms with van der Waals surface area (Å²) in [5, 5.41) is 3.12. The summed E-state index contributed by atoms with van der Waals surface area (Å²) in [6, 6.07) is 5.26. The fraction of sp³-hybridized carbons (Fsp3) is 0.562. The van der Waals surface area contributed by atoms with Gasteiger partial charge in [-0.05, 0) is 37.1 Å². The van der Waals surface area contributed by atoms with E-state index in [1.165, 1.54) is 19.2 Å². The van der Waals surface area contributed by atoms with Crippen LogP contribution in [0.3, 0.4) is 0 Å². The third-order valence-electron chi connectivity index (χ3n) is 3.10. The molecule has 0 aliphatic carbocycles. The van der Waals surface area contributed by atoms with Gasteiger partial charge >= 0.3 is 5.97 Å². The van der Waals surface area contributed by atoms with Gasteiger partial charge in [0.05, 0.1) is 7.11 Å². The van der Waals surface area contributed by atoms with Gasteiger partial charge in [0.15, 0.2) is 0 Å². The van der Waals surface area contributed by atoms with E-state index in [4.69, 9.17) is 9.47 Å². The van der Waals surface area contributed by atoms with Crippen molar-refractivity contribution in [2.45, 2.75) is 32.2 Å². The van der Waals surface area contributed by atoms with Gasteiger partial charge in [-0.2, -0.15) is 0 Å². The third-order valence-corrected chi connectivity index (χ3v) is 3.10. The first-order valence-corrected chi connectivity index (χ1v) is 7.33. The zero-order chi connectivity index (χ0) is 15.5. The van der Waals surface area contributed by atoms with Crippen LogP contribution in [0.2, 0.25) is 0 Å². The number of benzene rings is 1. The molecule has 4 nitrogen and oxygen atoms in total. The molecule has 1 atom stereocenters. The number of hydrogen-bond acceptors (Lipinski definition) is 4. The van der Waals surface area contributed by atoms with Crippen molar-refractivity contribution in [3.63, 3.8) is 0 Å². The van der Waals surface area contributed by atoms with Crippen LogP contribution >= 0.6 is 0 Å². The van der Waals surface area contributed by atoms with E-state index in [2.05, 4.69) is 12.2 Å². The van der Waals surface area contributed by atoms with Crippen molar-refractivity contribution in [2.24, 2.45) is 0 Å². The van der Waals surface area contributed by atoms with E-state index in [1.54, 1.807) is 12.1 Å². The lowest BCUT2D eigenvalue weighted by molar-refractivity contribution is -0.143. The number of carbonyl (C=O) groups is 1. The summed E-state index contributed by atoms with van der Waals surface area (Å²) in [4.78, 5) is 11.8. The van der Waals surface area contributed by atoms with Gasteiger partial charge in [-0.25, -0.2) is 9.18 Å². The van der Waals surface area contributed by atoms with Crippen LogP contribution < -0.4 is 5.32 Å². The van der Waals surface area contributed by atoms with Gasteiger partial charge in [0, 0.05) is 13.2 Å². The maximum Gasteiger partial charge on any atom is 0.327 e. The minimum absolute atomic E-state index is 0.327. The monoisotopic (exact) mass is 297 g/mol. The summed E-state index contributed by atoms with van der Waals surface area (Å²) >= 11 is 0. The second-order valence-electron chi connectivity index (χ2n) is 4.78. The predicted octanol–water partition coefficient (Wildman–Crippen LogP) is 2.84. The highest BCUT2D eigenvalue weighted by atomic mass is 19.1. The standard InChI is InChI=1S/C16H24FNO3/c1-3-4-11-21-12-5-10-18-15(16(19)20-2)13-6-8-14(17)9-7-13/h6-9,15,18H,3-5,10-12H2,1-2H3. The van der Waals surface area contributed by atoms with Crippen molar-refractivity contribution in [3.8, 4) is 0 Å². The van der Waals surface area contributed by atoms with Crippen molar-refractivity contribution < 1.29 is 18.7 Å². The van der Waals surface area contributed by atoms with Gasteiger partial charge in [0.2, 0.25) is 0 Å². The van der Waals surface area contributed by atoms with Crippen molar-refractivity contribution in [2.75, 3.05) is 26.9 Å². The highest BCUT2D eigenvalue weighted by Crippen LogP contribution is 2.15. The largest absolute Gasteiger partial charge is 0.468 e. The summed E-state index contributed by atoms with van der Waals surface area (Å²) < 4.78 is 23.2. The van der Waals surface area contributed by atoms with E-state index in [0.29, 0.717) is 18.7 Å². The van der Waals surface area contributed by atoms with Gasteiger partial charge in [-0.1, -0.05) is 25.5 Å². The predicted molar refractivity (Wildman–Crippen MR) is 79.5 cm³/mol. The molecule has 1 aromatic rings. The Labute approximate surface area is 125 Å². The van der Waals surface area contributed by atoms with Crippen molar-refractivity contribution in [1.29, 1.82) is 0 Å². The van der Waals surface area contributed by atoms with Crippen molar-refractivity contribution >= 4 is 5.97 Å². The highest BCUT2D eigenvalue weighted by molar-refractivity contribution is 5.77. The molecule has 0 aliphatic heterocycles. The molecule has 1 aromatic carbocycles. The van der Waals surface area contributed by atoms with Crippen LogP contribution in [0.25, 0.3) is 0 Å². The zero-order valence-electron chi connectivity index (χ0n) is 12.7. The van der Waals surface area contributed by atoms with Gasteiger partial charge < -0.3 is 14.8 Å². The number of halogens is 1. The molecule has 0 saturated heterocycles. The Kier molecular flexibility index (Phi) is 8.62. The molecule has 0 radical (unpaired) electrons. The molecule has 0 bridgehead atoms. The van der Waals surface area contributed by atoms with E-state index >= 15 is 0 Å². The van der Waals surface area contributed by atoms with Crippen LogP contribution in [-0.2, 0) is 14.3 Å². The first-order valence-electron chi connectivity index (χ1n) is 7.33. The zero-order valence-corrected chi connectivity index (χ0v) is 12.7. The number of ether oxygens (including phenoxy) is 2. The molecule has 0 aromatic heterocycles. The van der Waals surface area contributed by atoms with E-state index in [-0.39, 0.29) is 11.8 Å². The average Bonchev–Trinajstić information content (AvgIpc) is 2.50. The van der Waals surface area contributed by atoms with Crippen LogP contribution in [-0.4, -0.2) is 32.8 Å². The maximum atomic E-state index is 12.9. The number of rotatable bonds is 10. The Morgan fingerprint density at radius 1 is 1.24 bits per heavy atom. The lowest BCUT2D eigenvalue weighted by atomic mass is 10.1. The fourth-order valence-corrected chi connectivity index (χ4v) is 1.88. The molecule has 21 heavy (non-hydrogen) atoms. The van der Waals surface area contributed by atoms with E-state index < -0.39 is 6.04 Å². The molecule has 118 valence electrons. The van der Waals surface area contributed by atoms with Crippen LogP contribution in [0.1, 0.15) is 37.8 Å². The molecule has 1 unspecified atom stereocenters. The van der Waals surface area contributed by atoms with Crippen molar-refractivity contribution in [3.05, 3.63) is 35.6 Å². The minimum Gasteiger partial charge on any atom is -0.468 e. The Bertz CT molecular complexity index is 408. The highest BCUT2D eigenvalue weighted by Gasteiger charge is 2.20. The fourth-order valence-electron chi connectivity index (χ4n) is 1.88. The number of carbonyl (C=O) groups excluding carboxylic acids is 1. The quantitative estimate of drug-likeness (QED) is 0.533. The third kappa shape index (κ3) is 6.69. The van der Waals surface area contributed by atoms with Crippen LogP contribution in [0.5, 0.6) is 0 Å². The second kappa shape index (κ2) is 10.3. The van der Waals surface area contributed by atoms with Crippen molar-refractivity contribution in [1.82, 2.24) is 5.32 Å². The van der Waals surface area contributed by atoms with Gasteiger partial charge in [0.1, 0.15) is 11.9 Å². The Hall–Kier alpha value is -1.46. The average molecular weight is 297 g/mol. The summed E-state index contributed by atoms with van der Waals surface area (Å²) in [5.41, 5.74) is 0.690. The second-order valence-corrected chi connectivity index (χ2v) is 4.78. The molecule has 0 aliphatic rings. The lowest BCUT2D eigenvalue weighted by Crippen LogP contribution is -2.30. The van der Waals surface area contributed by atoms with Gasteiger partial charge in [-0.15, -0.1) is 0 Å². The number of hydrogen-bond donors (Lipinski definition) is 1. The molecule has 0 amide bonds. The maximum absolute atomic E-state index is 12.9. The molecular weight excluding hydrogens is 273 g/mol. The summed E-state index contributed by atoms with van der Waals surface area (Å²) in [5.74, 6) is -0.708. The van der Waals surface area contributed by atoms with E-state index in [9.17, 15) is 9.18 Å². The van der Waals surface area contributed by atoms with Crippen LogP contribution in [0.4, 0.5) is 4.39 Å². The molecular formula is C16H24FNO3. The normalized spacial score (nSPS) is 12.1. The Morgan fingerprint density at radius 3 is 2.52 bits per heavy atom. The SMILES string of the molecule is CCCCOCCCNC(C(=O)OC)c1ccc(F)cc1. The van der Waals surface area contributed by atoms with Crippen LogP contribution in [0, 0.1) is 5.82 Å². The molecule has 1 rings (SSSR count). The first-order chi connectivity index (χ1) is 10.2.